The van der Waals surface area contributed by atoms with Crippen molar-refractivity contribution in [1.82, 2.24) is 0 Å². The highest BCUT2D eigenvalue weighted by Crippen LogP contribution is 2.37. The number of allylic oxidation sites excluding steroid dienone is 1. The fourth-order valence-electron chi connectivity index (χ4n) is 2.02. The molecule has 1 unspecified atom stereocenters. The van der Waals surface area contributed by atoms with Gasteiger partial charge in [-0.05, 0) is 37.5 Å². The molecule has 0 spiro atoms. The van der Waals surface area contributed by atoms with Gasteiger partial charge < -0.3 is 5.32 Å². The van der Waals surface area contributed by atoms with Gasteiger partial charge in [0.2, 0.25) is 0 Å². The third-order valence-corrected chi connectivity index (χ3v) is 3.41. The fourth-order valence-corrected chi connectivity index (χ4v) is 2.38. The second kappa shape index (κ2) is 5.34. The topological polar surface area (TPSA) is 12.0 Å². The Morgan fingerprint density at radius 2 is 2.00 bits per heavy atom. The van der Waals surface area contributed by atoms with Crippen LogP contribution in [0.5, 0.6) is 0 Å². The molecule has 0 saturated heterocycles. The molecule has 1 atom stereocenters. The van der Waals surface area contributed by atoms with Gasteiger partial charge in [0, 0.05) is 16.2 Å². The molecular weight excluding hydrogens is 307 g/mol. The van der Waals surface area contributed by atoms with Gasteiger partial charge >= 0.3 is 6.18 Å². The summed E-state index contributed by atoms with van der Waals surface area (Å²) in [4.78, 5) is 0. The second-order valence-electron chi connectivity index (χ2n) is 4.31. The van der Waals surface area contributed by atoms with Gasteiger partial charge in [-0.25, -0.2) is 0 Å². The van der Waals surface area contributed by atoms with Crippen molar-refractivity contribution in [3.63, 3.8) is 0 Å². The Morgan fingerprint density at radius 1 is 1.22 bits per heavy atom. The third-order valence-electron chi connectivity index (χ3n) is 2.92. The summed E-state index contributed by atoms with van der Waals surface area (Å²) in [5, 5.41) is 2.99. The summed E-state index contributed by atoms with van der Waals surface area (Å²) < 4.78 is 39.2. The van der Waals surface area contributed by atoms with E-state index in [1.807, 2.05) is 6.08 Å². The van der Waals surface area contributed by atoms with Crippen molar-refractivity contribution in [3.8, 4) is 0 Å². The summed E-state index contributed by atoms with van der Waals surface area (Å²) in [6.07, 6.45) is 2.28. The molecule has 98 valence electrons. The number of halogens is 4. The summed E-state index contributed by atoms with van der Waals surface area (Å²) in [6, 6.07) is 4.29. The van der Waals surface area contributed by atoms with Gasteiger partial charge in [-0.3, -0.25) is 0 Å². The molecule has 0 saturated carbocycles. The van der Waals surface area contributed by atoms with E-state index in [9.17, 15) is 13.2 Å². The lowest BCUT2D eigenvalue weighted by Gasteiger charge is -2.23. The average Bonchev–Trinajstić information content (AvgIpc) is 2.31. The molecule has 0 fully saturated rings. The minimum Gasteiger partial charge on any atom is -0.381 e. The van der Waals surface area contributed by atoms with Crippen molar-refractivity contribution < 1.29 is 13.2 Å². The number of anilines is 1. The Morgan fingerprint density at radius 3 is 2.61 bits per heavy atom. The second-order valence-corrected chi connectivity index (χ2v) is 5.23. The van der Waals surface area contributed by atoms with Crippen LogP contribution >= 0.6 is 15.9 Å². The first-order valence-corrected chi connectivity index (χ1v) is 6.54. The normalized spacial score (nSPS) is 19.9. The van der Waals surface area contributed by atoms with E-state index in [2.05, 4.69) is 27.3 Å². The largest absolute Gasteiger partial charge is 0.418 e. The van der Waals surface area contributed by atoms with Crippen LogP contribution in [-0.4, -0.2) is 6.04 Å². The molecule has 0 bridgehead atoms. The maximum Gasteiger partial charge on any atom is 0.418 e. The van der Waals surface area contributed by atoms with Crippen LogP contribution in [0.3, 0.4) is 0 Å². The SMILES string of the molecule is FC(F)(F)c1cc(Br)ccc1NC1CC=CCC1. The van der Waals surface area contributed by atoms with Gasteiger partial charge in [-0.1, -0.05) is 28.1 Å². The summed E-state index contributed by atoms with van der Waals surface area (Å²) in [7, 11) is 0. The summed E-state index contributed by atoms with van der Waals surface area (Å²) in [5.41, 5.74) is -0.461. The van der Waals surface area contributed by atoms with E-state index in [1.54, 1.807) is 6.07 Å². The van der Waals surface area contributed by atoms with Crippen LogP contribution in [0.2, 0.25) is 0 Å². The zero-order valence-corrected chi connectivity index (χ0v) is 11.2. The minimum absolute atomic E-state index is 0.0808. The predicted octanol–water partition coefficient (Wildman–Crippen LogP) is 4.99. The van der Waals surface area contributed by atoms with Gasteiger partial charge in [0.15, 0.2) is 0 Å². The average molecular weight is 320 g/mol. The van der Waals surface area contributed by atoms with Crippen molar-refractivity contribution in [2.75, 3.05) is 5.32 Å². The van der Waals surface area contributed by atoms with Crippen molar-refractivity contribution in [1.29, 1.82) is 0 Å². The first kappa shape index (κ1) is 13.5. The number of nitrogens with one attached hydrogen (secondary N) is 1. The fraction of sp³-hybridized carbons (Fsp3) is 0.385. The van der Waals surface area contributed by atoms with Crippen molar-refractivity contribution in [2.24, 2.45) is 0 Å². The number of benzene rings is 1. The molecule has 1 aliphatic rings. The van der Waals surface area contributed by atoms with Gasteiger partial charge in [0.05, 0.1) is 5.56 Å². The Labute approximate surface area is 112 Å². The van der Waals surface area contributed by atoms with Gasteiger partial charge in [-0.15, -0.1) is 0 Å². The van der Waals surface area contributed by atoms with E-state index in [-0.39, 0.29) is 11.7 Å². The summed E-state index contributed by atoms with van der Waals surface area (Å²) in [5.74, 6) is 0. The summed E-state index contributed by atoms with van der Waals surface area (Å²) in [6.45, 7) is 0. The standard InChI is InChI=1S/C13H13BrF3N/c14-9-6-7-12(11(8-9)13(15,16)17)18-10-4-2-1-3-5-10/h1-2,6-8,10,18H,3-5H2. The molecule has 0 radical (unpaired) electrons. The molecule has 18 heavy (non-hydrogen) atoms. The van der Waals surface area contributed by atoms with Gasteiger partial charge in [0.25, 0.3) is 0 Å². The highest BCUT2D eigenvalue weighted by Gasteiger charge is 2.34. The molecule has 1 nitrogen and oxygen atoms in total. The number of hydrogen-bond acceptors (Lipinski definition) is 1. The van der Waals surface area contributed by atoms with Crippen LogP contribution in [0.25, 0.3) is 0 Å². The van der Waals surface area contributed by atoms with E-state index in [0.717, 1.165) is 25.3 Å². The highest BCUT2D eigenvalue weighted by molar-refractivity contribution is 9.10. The molecular formula is C13H13BrF3N. The minimum atomic E-state index is -4.34. The molecule has 0 aromatic heterocycles. The molecule has 1 N–H and O–H groups in total. The smallest absolute Gasteiger partial charge is 0.381 e. The molecule has 0 amide bonds. The maximum absolute atomic E-state index is 12.9. The van der Waals surface area contributed by atoms with Crippen LogP contribution in [0.1, 0.15) is 24.8 Å². The van der Waals surface area contributed by atoms with E-state index in [1.165, 1.54) is 6.07 Å². The van der Waals surface area contributed by atoms with Crippen LogP contribution in [0, 0.1) is 0 Å². The van der Waals surface area contributed by atoms with E-state index >= 15 is 0 Å². The lowest BCUT2D eigenvalue weighted by molar-refractivity contribution is -0.137. The third kappa shape index (κ3) is 3.28. The molecule has 1 aromatic carbocycles. The first-order chi connectivity index (χ1) is 8.47. The van der Waals surface area contributed by atoms with Crippen molar-refractivity contribution in [3.05, 3.63) is 40.4 Å². The molecule has 0 aliphatic heterocycles. The predicted molar refractivity (Wildman–Crippen MR) is 69.5 cm³/mol. The molecule has 0 heterocycles. The van der Waals surface area contributed by atoms with E-state index in [4.69, 9.17) is 0 Å². The molecule has 2 rings (SSSR count). The Hall–Kier alpha value is -0.970. The lowest BCUT2D eigenvalue weighted by atomic mass is 10.0. The maximum atomic E-state index is 12.9. The zero-order valence-electron chi connectivity index (χ0n) is 9.60. The molecule has 1 aromatic rings. The van der Waals surface area contributed by atoms with Crippen LogP contribution in [-0.2, 0) is 6.18 Å². The van der Waals surface area contributed by atoms with E-state index < -0.39 is 11.7 Å². The Kier molecular flexibility index (Phi) is 4.00. The van der Waals surface area contributed by atoms with Gasteiger partial charge in [-0.2, -0.15) is 13.2 Å². The first-order valence-electron chi connectivity index (χ1n) is 5.75. The monoisotopic (exact) mass is 319 g/mol. The van der Waals surface area contributed by atoms with E-state index in [0.29, 0.717) is 4.47 Å². The quantitative estimate of drug-likeness (QED) is 0.757. The van der Waals surface area contributed by atoms with Crippen LogP contribution < -0.4 is 5.32 Å². The number of alkyl halides is 3. The molecule has 1 aliphatic carbocycles. The number of hydrogen-bond donors (Lipinski definition) is 1. The van der Waals surface area contributed by atoms with Crippen molar-refractivity contribution in [2.45, 2.75) is 31.5 Å². The number of rotatable bonds is 2. The Bertz CT molecular complexity index is 454. The van der Waals surface area contributed by atoms with Crippen LogP contribution in [0.15, 0.2) is 34.8 Å². The zero-order chi connectivity index (χ0) is 13.2. The van der Waals surface area contributed by atoms with Crippen LogP contribution in [0.4, 0.5) is 18.9 Å². The lowest BCUT2D eigenvalue weighted by Crippen LogP contribution is -2.22. The van der Waals surface area contributed by atoms with Crippen molar-refractivity contribution >= 4 is 21.6 Å². The Balaban J connectivity index is 2.24. The van der Waals surface area contributed by atoms with Gasteiger partial charge in [0.1, 0.15) is 0 Å². The highest BCUT2D eigenvalue weighted by atomic mass is 79.9. The summed E-state index contributed by atoms with van der Waals surface area (Å²) >= 11 is 3.08. The molecule has 5 heteroatoms.